The van der Waals surface area contributed by atoms with Crippen molar-refractivity contribution >= 4 is 32.5 Å². The number of sulfone groups is 1. The van der Waals surface area contributed by atoms with Crippen LogP contribution in [0.15, 0.2) is 39.9 Å². The number of nitro groups is 1. The van der Waals surface area contributed by atoms with Crippen LogP contribution < -0.4 is 5.32 Å². The molecule has 1 aromatic heterocycles. The SMILES string of the molecule is C[C@H](CNc1ccc([N+](=O)[O-])cc1S(C)(=O)=O)c1ccsc1. The maximum atomic E-state index is 11.8. The molecule has 0 spiro atoms. The quantitative estimate of drug-likeness (QED) is 0.644. The summed E-state index contributed by atoms with van der Waals surface area (Å²) < 4.78 is 23.7. The van der Waals surface area contributed by atoms with Gasteiger partial charge in [0.15, 0.2) is 9.84 Å². The van der Waals surface area contributed by atoms with E-state index in [0.29, 0.717) is 12.2 Å². The van der Waals surface area contributed by atoms with Crippen LogP contribution in [0.4, 0.5) is 11.4 Å². The molecule has 0 amide bonds. The van der Waals surface area contributed by atoms with Crippen molar-refractivity contribution in [2.45, 2.75) is 17.7 Å². The number of benzene rings is 1. The van der Waals surface area contributed by atoms with Gasteiger partial charge in [-0.2, -0.15) is 11.3 Å². The first-order chi connectivity index (χ1) is 10.3. The summed E-state index contributed by atoms with van der Waals surface area (Å²) in [5.74, 6) is 0.203. The fourth-order valence-corrected chi connectivity index (χ4v) is 3.67. The van der Waals surface area contributed by atoms with Crippen LogP contribution in [0.1, 0.15) is 18.4 Å². The van der Waals surface area contributed by atoms with Gasteiger partial charge >= 0.3 is 0 Å². The highest BCUT2D eigenvalue weighted by Crippen LogP contribution is 2.27. The third-order valence-corrected chi connectivity index (χ3v) is 5.12. The molecule has 2 aromatic rings. The topological polar surface area (TPSA) is 89.3 Å². The first-order valence-corrected chi connectivity index (χ1v) is 9.37. The molecule has 6 nitrogen and oxygen atoms in total. The summed E-state index contributed by atoms with van der Waals surface area (Å²) in [6.07, 6.45) is 1.04. The van der Waals surface area contributed by atoms with Crippen molar-refractivity contribution in [1.82, 2.24) is 0 Å². The predicted molar refractivity (Wildman–Crippen MR) is 87.4 cm³/mol. The van der Waals surface area contributed by atoms with Gasteiger partial charge in [0.25, 0.3) is 5.69 Å². The van der Waals surface area contributed by atoms with Gasteiger partial charge in [0.1, 0.15) is 0 Å². The summed E-state index contributed by atoms with van der Waals surface area (Å²) in [6, 6.07) is 5.85. The summed E-state index contributed by atoms with van der Waals surface area (Å²) >= 11 is 1.60. The van der Waals surface area contributed by atoms with Crippen LogP contribution in [0.25, 0.3) is 0 Å². The molecule has 0 saturated heterocycles. The largest absolute Gasteiger partial charge is 0.383 e. The molecule has 0 fully saturated rings. The first-order valence-electron chi connectivity index (χ1n) is 6.53. The Kier molecular flexibility index (Phi) is 4.82. The monoisotopic (exact) mass is 340 g/mol. The van der Waals surface area contributed by atoms with Gasteiger partial charge in [-0.05, 0) is 34.4 Å². The lowest BCUT2D eigenvalue weighted by Crippen LogP contribution is -2.12. The molecule has 0 unspecified atom stereocenters. The number of hydrogen-bond acceptors (Lipinski definition) is 6. The molecule has 1 aromatic carbocycles. The first kappa shape index (κ1) is 16.4. The molecule has 1 atom stereocenters. The average molecular weight is 340 g/mol. The Bertz CT molecular complexity index is 770. The molecular formula is C14H16N2O4S2. The molecule has 0 radical (unpaired) electrons. The predicted octanol–water partition coefficient (Wildman–Crippen LogP) is 3.28. The van der Waals surface area contributed by atoms with Crippen LogP contribution in [0.2, 0.25) is 0 Å². The number of non-ortho nitro benzene ring substituents is 1. The van der Waals surface area contributed by atoms with Gasteiger partial charge in [-0.3, -0.25) is 10.1 Å². The number of hydrogen-bond donors (Lipinski definition) is 1. The number of anilines is 1. The zero-order chi connectivity index (χ0) is 16.3. The summed E-state index contributed by atoms with van der Waals surface area (Å²) in [5, 5.41) is 17.9. The molecule has 22 heavy (non-hydrogen) atoms. The maximum Gasteiger partial charge on any atom is 0.270 e. The highest BCUT2D eigenvalue weighted by atomic mass is 32.2. The van der Waals surface area contributed by atoms with Gasteiger partial charge < -0.3 is 5.32 Å². The van der Waals surface area contributed by atoms with E-state index in [1.165, 1.54) is 17.7 Å². The van der Waals surface area contributed by atoms with Crippen molar-refractivity contribution in [3.63, 3.8) is 0 Å². The van der Waals surface area contributed by atoms with E-state index in [2.05, 4.69) is 5.32 Å². The Morgan fingerprint density at radius 3 is 2.64 bits per heavy atom. The summed E-state index contributed by atoms with van der Waals surface area (Å²) in [6.45, 7) is 2.57. The maximum absolute atomic E-state index is 11.8. The number of thiophene rings is 1. The van der Waals surface area contributed by atoms with Crippen molar-refractivity contribution in [2.24, 2.45) is 0 Å². The van der Waals surface area contributed by atoms with E-state index in [1.807, 2.05) is 23.8 Å². The van der Waals surface area contributed by atoms with Crippen molar-refractivity contribution in [1.29, 1.82) is 0 Å². The molecule has 0 aliphatic carbocycles. The highest BCUT2D eigenvalue weighted by molar-refractivity contribution is 7.90. The van der Waals surface area contributed by atoms with E-state index >= 15 is 0 Å². The Morgan fingerprint density at radius 2 is 2.09 bits per heavy atom. The molecule has 1 N–H and O–H groups in total. The third-order valence-electron chi connectivity index (χ3n) is 3.29. The van der Waals surface area contributed by atoms with Gasteiger partial charge in [-0.15, -0.1) is 0 Å². The second-order valence-corrected chi connectivity index (χ2v) is 7.81. The van der Waals surface area contributed by atoms with Crippen LogP contribution in [-0.4, -0.2) is 26.1 Å². The highest BCUT2D eigenvalue weighted by Gasteiger charge is 2.19. The van der Waals surface area contributed by atoms with Gasteiger partial charge in [0.2, 0.25) is 0 Å². The van der Waals surface area contributed by atoms with Crippen LogP contribution in [0.5, 0.6) is 0 Å². The van der Waals surface area contributed by atoms with Crippen LogP contribution in [-0.2, 0) is 9.84 Å². The molecule has 118 valence electrons. The van der Waals surface area contributed by atoms with Gasteiger partial charge in [0.05, 0.1) is 15.5 Å². The number of nitrogens with one attached hydrogen (secondary N) is 1. The second-order valence-electron chi connectivity index (χ2n) is 5.05. The minimum Gasteiger partial charge on any atom is -0.383 e. The zero-order valence-corrected chi connectivity index (χ0v) is 13.8. The van der Waals surface area contributed by atoms with E-state index in [-0.39, 0.29) is 16.5 Å². The zero-order valence-electron chi connectivity index (χ0n) is 12.1. The average Bonchev–Trinajstić information content (AvgIpc) is 2.97. The fraction of sp³-hybridized carbons (Fsp3) is 0.286. The Hall–Kier alpha value is -1.93. The summed E-state index contributed by atoms with van der Waals surface area (Å²) in [7, 11) is -3.56. The van der Waals surface area contributed by atoms with Crippen molar-refractivity contribution in [2.75, 3.05) is 18.1 Å². The molecule has 0 aliphatic heterocycles. The molecule has 1 heterocycles. The normalized spacial score (nSPS) is 12.8. The Labute approximate surface area is 132 Å². The fourth-order valence-electron chi connectivity index (χ4n) is 2.01. The van der Waals surface area contributed by atoms with E-state index in [9.17, 15) is 18.5 Å². The molecule has 0 bridgehead atoms. The van der Waals surface area contributed by atoms with E-state index in [0.717, 1.165) is 12.3 Å². The third kappa shape index (κ3) is 3.83. The van der Waals surface area contributed by atoms with Gasteiger partial charge in [-0.25, -0.2) is 8.42 Å². The molecule has 0 saturated carbocycles. The van der Waals surface area contributed by atoms with Crippen LogP contribution in [0.3, 0.4) is 0 Å². The minimum atomic E-state index is -3.56. The Morgan fingerprint density at radius 1 is 1.36 bits per heavy atom. The summed E-state index contributed by atoms with van der Waals surface area (Å²) in [5.41, 5.74) is 1.31. The van der Waals surface area contributed by atoms with Crippen molar-refractivity contribution in [3.8, 4) is 0 Å². The standard InChI is InChI=1S/C14H16N2O4S2/c1-10(11-5-6-21-9-11)8-15-13-4-3-12(16(17)18)7-14(13)22(2,19)20/h3-7,9-10,15H,8H2,1-2H3/t10-/m1/s1. The second kappa shape index (κ2) is 6.45. The van der Waals surface area contributed by atoms with Crippen LogP contribution in [0, 0.1) is 10.1 Å². The van der Waals surface area contributed by atoms with Gasteiger partial charge in [0, 0.05) is 24.9 Å². The van der Waals surface area contributed by atoms with E-state index < -0.39 is 14.8 Å². The molecule has 2 rings (SSSR count). The van der Waals surface area contributed by atoms with Crippen molar-refractivity contribution < 1.29 is 13.3 Å². The number of rotatable bonds is 6. The molecule has 8 heteroatoms. The Balaban J connectivity index is 2.25. The molecular weight excluding hydrogens is 324 g/mol. The van der Waals surface area contributed by atoms with E-state index in [4.69, 9.17) is 0 Å². The molecule has 0 aliphatic rings. The van der Waals surface area contributed by atoms with E-state index in [1.54, 1.807) is 11.3 Å². The van der Waals surface area contributed by atoms with Crippen LogP contribution >= 0.6 is 11.3 Å². The lowest BCUT2D eigenvalue weighted by Gasteiger charge is -2.14. The lowest BCUT2D eigenvalue weighted by atomic mass is 10.1. The van der Waals surface area contributed by atoms with Gasteiger partial charge in [-0.1, -0.05) is 6.92 Å². The number of nitro benzene ring substituents is 1. The number of nitrogens with zero attached hydrogens (tertiary/aromatic N) is 1. The smallest absolute Gasteiger partial charge is 0.270 e. The minimum absolute atomic E-state index is 0.0563. The summed E-state index contributed by atoms with van der Waals surface area (Å²) in [4.78, 5) is 10.1. The van der Waals surface area contributed by atoms with Crippen molar-refractivity contribution in [3.05, 3.63) is 50.7 Å². The lowest BCUT2D eigenvalue weighted by molar-refractivity contribution is -0.385.